The number of hydrogen-bond donors (Lipinski definition) is 2. The van der Waals surface area contributed by atoms with E-state index >= 15 is 0 Å². The van der Waals surface area contributed by atoms with Crippen molar-refractivity contribution in [3.8, 4) is 0 Å². The smallest absolute Gasteiger partial charge is 0.410 e. The van der Waals surface area contributed by atoms with E-state index in [0.717, 1.165) is 6.07 Å². The molecule has 2 atom stereocenters. The summed E-state index contributed by atoms with van der Waals surface area (Å²) in [6.07, 6.45) is -0.653. The topological polar surface area (TPSA) is 114 Å². The van der Waals surface area contributed by atoms with Crippen LogP contribution in [0.4, 0.5) is 14.9 Å². The molecule has 9 nitrogen and oxygen atoms in total. The molecule has 1 aliphatic heterocycles. The highest BCUT2D eigenvalue weighted by atomic mass is 35.5. The number of esters is 1. The van der Waals surface area contributed by atoms with E-state index in [1.165, 1.54) is 17.0 Å². The van der Waals surface area contributed by atoms with Crippen LogP contribution in [0.25, 0.3) is 0 Å². The second-order valence-electron chi connectivity index (χ2n) is 7.91. The summed E-state index contributed by atoms with van der Waals surface area (Å²) in [6.45, 7) is 6.76. The lowest BCUT2D eigenvalue weighted by atomic mass is 10.0. The molecule has 1 unspecified atom stereocenters. The molecule has 1 aromatic carbocycles. The maximum absolute atomic E-state index is 13.5. The van der Waals surface area contributed by atoms with Crippen molar-refractivity contribution < 1.29 is 33.0 Å². The number of nitrogens with one attached hydrogen (secondary N) is 2. The first-order valence-electron chi connectivity index (χ1n) is 9.62. The minimum Gasteiger partial charge on any atom is -0.466 e. The van der Waals surface area contributed by atoms with Crippen LogP contribution in [0, 0.1) is 11.7 Å². The van der Waals surface area contributed by atoms with E-state index in [4.69, 9.17) is 21.1 Å². The summed E-state index contributed by atoms with van der Waals surface area (Å²) in [5.41, 5.74) is -0.711. The number of ether oxygens (including phenoxy) is 2. The van der Waals surface area contributed by atoms with Crippen LogP contribution in [-0.2, 0) is 23.9 Å². The van der Waals surface area contributed by atoms with Gasteiger partial charge in [0.15, 0.2) is 0 Å². The monoisotopic (exact) mass is 457 g/mol. The van der Waals surface area contributed by atoms with Gasteiger partial charge in [-0.2, -0.15) is 0 Å². The zero-order valence-corrected chi connectivity index (χ0v) is 18.4. The molecule has 0 bridgehead atoms. The van der Waals surface area contributed by atoms with Crippen LogP contribution in [0.2, 0.25) is 5.02 Å². The number of amides is 3. The minimum absolute atomic E-state index is 0.0331. The SMILES string of the molecule is CCOC(=O)[C@@H]1CN(C(=O)OC(C)(C)C)CC1NC(=O)C(=O)Nc1ccc(Cl)c(F)c1. The summed E-state index contributed by atoms with van der Waals surface area (Å²) in [5.74, 6) is -4.37. The first-order valence-corrected chi connectivity index (χ1v) is 10.0. The van der Waals surface area contributed by atoms with Gasteiger partial charge in [0.1, 0.15) is 11.4 Å². The molecule has 1 aromatic rings. The summed E-state index contributed by atoms with van der Waals surface area (Å²) < 4.78 is 23.9. The third-order valence-electron chi connectivity index (χ3n) is 4.26. The Morgan fingerprint density at radius 2 is 1.87 bits per heavy atom. The molecule has 0 saturated carbocycles. The molecule has 11 heteroatoms. The summed E-state index contributed by atoms with van der Waals surface area (Å²) in [5, 5.41) is 4.56. The van der Waals surface area contributed by atoms with Crippen LogP contribution >= 0.6 is 11.6 Å². The second-order valence-corrected chi connectivity index (χ2v) is 8.31. The lowest BCUT2D eigenvalue weighted by Gasteiger charge is -2.24. The number of halogens is 2. The van der Waals surface area contributed by atoms with Crippen molar-refractivity contribution >= 4 is 41.2 Å². The van der Waals surface area contributed by atoms with E-state index in [9.17, 15) is 23.6 Å². The molecule has 0 aliphatic carbocycles. The van der Waals surface area contributed by atoms with E-state index in [0.29, 0.717) is 0 Å². The van der Waals surface area contributed by atoms with Crippen molar-refractivity contribution in [2.45, 2.75) is 39.3 Å². The molecule has 170 valence electrons. The average Bonchev–Trinajstić information content (AvgIpc) is 3.07. The van der Waals surface area contributed by atoms with Gasteiger partial charge < -0.3 is 25.0 Å². The van der Waals surface area contributed by atoms with Crippen molar-refractivity contribution in [3.05, 3.63) is 29.0 Å². The number of nitrogens with zero attached hydrogens (tertiary/aromatic N) is 1. The van der Waals surface area contributed by atoms with Crippen molar-refractivity contribution in [2.75, 3.05) is 25.0 Å². The van der Waals surface area contributed by atoms with E-state index in [2.05, 4.69) is 10.6 Å². The van der Waals surface area contributed by atoms with Crippen LogP contribution in [0.3, 0.4) is 0 Å². The highest BCUT2D eigenvalue weighted by molar-refractivity contribution is 6.39. The van der Waals surface area contributed by atoms with E-state index < -0.39 is 47.3 Å². The molecule has 1 aliphatic rings. The molecule has 1 heterocycles. The Kier molecular flexibility index (Phi) is 7.83. The van der Waals surface area contributed by atoms with Crippen LogP contribution in [0.5, 0.6) is 0 Å². The molecule has 0 aromatic heterocycles. The van der Waals surface area contributed by atoms with Crippen molar-refractivity contribution in [3.63, 3.8) is 0 Å². The van der Waals surface area contributed by atoms with Gasteiger partial charge in [-0.05, 0) is 45.9 Å². The number of anilines is 1. The number of rotatable bonds is 4. The standard InChI is InChI=1S/C20H25ClFN3O6/c1-5-30-18(28)12-9-25(19(29)31-20(2,3)4)10-15(12)24-17(27)16(26)23-11-6-7-13(21)14(22)8-11/h6-8,12,15H,5,9-10H2,1-4H3,(H,23,26)(H,24,27)/t12-,15?/m1/s1. The van der Waals surface area contributed by atoms with Gasteiger partial charge in [-0.15, -0.1) is 0 Å². The molecule has 1 fully saturated rings. The first kappa shape index (κ1) is 24.4. The minimum atomic E-state index is -1.07. The number of benzene rings is 1. The highest BCUT2D eigenvalue weighted by Crippen LogP contribution is 2.22. The zero-order valence-electron chi connectivity index (χ0n) is 17.7. The quantitative estimate of drug-likeness (QED) is 0.530. The van der Waals surface area contributed by atoms with Gasteiger partial charge >= 0.3 is 23.9 Å². The van der Waals surface area contributed by atoms with Crippen LogP contribution in [-0.4, -0.2) is 60.1 Å². The number of likely N-dealkylation sites (tertiary alicyclic amines) is 1. The summed E-state index contributed by atoms with van der Waals surface area (Å²) >= 11 is 5.59. The summed E-state index contributed by atoms with van der Waals surface area (Å²) in [6, 6.07) is 2.66. The average molecular weight is 458 g/mol. The Bertz CT molecular complexity index is 873. The predicted molar refractivity (Wildman–Crippen MR) is 110 cm³/mol. The maximum Gasteiger partial charge on any atom is 0.410 e. The van der Waals surface area contributed by atoms with Gasteiger partial charge in [0.2, 0.25) is 0 Å². The Morgan fingerprint density at radius 1 is 1.19 bits per heavy atom. The molecule has 1 saturated heterocycles. The van der Waals surface area contributed by atoms with Gasteiger partial charge in [-0.1, -0.05) is 11.6 Å². The molecular weight excluding hydrogens is 433 g/mol. The Morgan fingerprint density at radius 3 is 2.45 bits per heavy atom. The van der Waals surface area contributed by atoms with Crippen LogP contribution < -0.4 is 10.6 Å². The molecular formula is C20H25ClFN3O6. The fourth-order valence-corrected chi connectivity index (χ4v) is 3.03. The number of carbonyl (C=O) groups is 4. The number of carbonyl (C=O) groups excluding carboxylic acids is 4. The van der Waals surface area contributed by atoms with Crippen LogP contribution in [0.15, 0.2) is 18.2 Å². The predicted octanol–water partition coefficient (Wildman–Crippen LogP) is 2.33. The second kappa shape index (κ2) is 9.95. The third-order valence-corrected chi connectivity index (χ3v) is 4.57. The molecule has 3 amide bonds. The Hall–Kier alpha value is -2.88. The lowest BCUT2D eigenvalue weighted by molar-refractivity contribution is -0.148. The van der Waals surface area contributed by atoms with E-state index in [-0.39, 0.29) is 30.4 Å². The van der Waals surface area contributed by atoms with Crippen molar-refractivity contribution in [1.29, 1.82) is 0 Å². The van der Waals surface area contributed by atoms with Crippen molar-refractivity contribution in [1.82, 2.24) is 10.2 Å². The fraction of sp³-hybridized carbons (Fsp3) is 0.500. The largest absolute Gasteiger partial charge is 0.466 e. The van der Waals surface area contributed by atoms with Gasteiger partial charge in [-0.25, -0.2) is 9.18 Å². The highest BCUT2D eigenvalue weighted by Gasteiger charge is 2.43. The lowest BCUT2D eigenvalue weighted by Crippen LogP contribution is -2.47. The molecule has 0 radical (unpaired) electrons. The fourth-order valence-electron chi connectivity index (χ4n) is 2.91. The number of hydrogen-bond acceptors (Lipinski definition) is 6. The van der Waals surface area contributed by atoms with E-state index in [1.807, 2.05) is 0 Å². The molecule has 2 rings (SSSR count). The van der Waals surface area contributed by atoms with Gasteiger partial charge in [0.05, 0.1) is 23.6 Å². The van der Waals surface area contributed by atoms with Crippen LogP contribution in [0.1, 0.15) is 27.7 Å². The van der Waals surface area contributed by atoms with Gasteiger partial charge in [-0.3, -0.25) is 14.4 Å². The third kappa shape index (κ3) is 6.81. The maximum atomic E-state index is 13.5. The molecule has 31 heavy (non-hydrogen) atoms. The molecule has 2 N–H and O–H groups in total. The van der Waals surface area contributed by atoms with E-state index in [1.54, 1.807) is 27.7 Å². The van der Waals surface area contributed by atoms with Gasteiger partial charge in [0.25, 0.3) is 0 Å². The molecule has 0 spiro atoms. The zero-order chi connectivity index (χ0) is 23.3. The Balaban J connectivity index is 2.08. The Labute approximate surface area is 184 Å². The summed E-state index contributed by atoms with van der Waals surface area (Å²) in [4.78, 5) is 50.5. The summed E-state index contributed by atoms with van der Waals surface area (Å²) in [7, 11) is 0. The normalized spacial score (nSPS) is 18.3. The van der Waals surface area contributed by atoms with Crippen molar-refractivity contribution in [2.24, 2.45) is 5.92 Å². The first-order chi connectivity index (χ1) is 14.4. The van der Waals surface area contributed by atoms with Gasteiger partial charge in [0, 0.05) is 18.8 Å².